The first-order valence-electron chi connectivity index (χ1n) is 3.87. The van der Waals surface area contributed by atoms with E-state index in [1.165, 1.54) is 12.1 Å². The van der Waals surface area contributed by atoms with Gasteiger partial charge in [-0.1, -0.05) is 6.08 Å². The number of aryl methyl sites for hydroxylation is 1. The third-order valence-corrected chi connectivity index (χ3v) is 1.77. The molecule has 1 heterocycles. The summed E-state index contributed by atoms with van der Waals surface area (Å²) in [5.74, 6) is -0.0892. The fraction of sp³-hybridized carbons (Fsp3) is 0.222. The monoisotopic (exact) mass is 180 g/mol. The van der Waals surface area contributed by atoms with Crippen molar-refractivity contribution in [2.45, 2.75) is 13.0 Å². The number of nitrogens with one attached hydrogen (secondary N) is 1. The lowest BCUT2D eigenvalue weighted by Crippen LogP contribution is -2.20. The first kappa shape index (κ1) is 9.54. The van der Waals surface area contributed by atoms with Gasteiger partial charge in [0.2, 0.25) is 0 Å². The summed E-state index contributed by atoms with van der Waals surface area (Å²) in [6.07, 6.45) is 1.40. The van der Waals surface area contributed by atoms with E-state index in [4.69, 9.17) is 5.73 Å². The maximum Gasteiger partial charge on any atom is 0.256 e. The normalized spacial score (nSPS) is 12.5. The van der Waals surface area contributed by atoms with E-state index in [9.17, 15) is 9.90 Å². The number of aromatic hydroxyl groups is 1. The highest BCUT2D eigenvalue weighted by Crippen LogP contribution is 2.18. The summed E-state index contributed by atoms with van der Waals surface area (Å²) in [4.78, 5) is 13.9. The molecule has 0 spiro atoms. The molecule has 0 aliphatic carbocycles. The quantitative estimate of drug-likeness (QED) is 0.582. The van der Waals surface area contributed by atoms with Crippen molar-refractivity contribution in [3.8, 4) is 5.75 Å². The van der Waals surface area contributed by atoms with Gasteiger partial charge in [0.1, 0.15) is 5.75 Å². The molecule has 0 aliphatic heterocycles. The predicted octanol–water partition coefficient (Wildman–Crippen LogP) is 0.575. The number of aromatic nitrogens is 1. The van der Waals surface area contributed by atoms with E-state index in [0.29, 0.717) is 5.69 Å². The van der Waals surface area contributed by atoms with Gasteiger partial charge in [0.25, 0.3) is 5.56 Å². The molecule has 0 amide bonds. The van der Waals surface area contributed by atoms with Crippen LogP contribution in [-0.4, -0.2) is 10.1 Å². The Labute approximate surface area is 75.7 Å². The lowest BCUT2D eigenvalue weighted by molar-refractivity contribution is 0.463. The summed E-state index contributed by atoms with van der Waals surface area (Å²) >= 11 is 0. The lowest BCUT2D eigenvalue weighted by Gasteiger charge is -2.07. The van der Waals surface area contributed by atoms with Crippen molar-refractivity contribution in [2.75, 3.05) is 0 Å². The minimum Gasteiger partial charge on any atom is -0.507 e. The maximum absolute atomic E-state index is 11.3. The zero-order valence-corrected chi connectivity index (χ0v) is 7.37. The highest BCUT2D eigenvalue weighted by atomic mass is 16.3. The Morgan fingerprint density at radius 1 is 1.77 bits per heavy atom. The third-order valence-electron chi connectivity index (χ3n) is 1.77. The smallest absolute Gasteiger partial charge is 0.256 e. The molecule has 0 saturated carbocycles. The molecule has 1 rings (SSSR count). The fourth-order valence-corrected chi connectivity index (χ4v) is 1.12. The number of aromatic amines is 1. The average Bonchev–Trinajstić information content (AvgIpc) is 2.02. The van der Waals surface area contributed by atoms with Gasteiger partial charge in [0.05, 0.1) is 11.6 Å². The molecule has 13 heavy (non-hydrogen) atoms. The average molecular weight is 180 g/mol. The Hall–Kier alpha value is -1.55. The highest BCUT2D eigenvalue weighted by molar-refractivity contribution is 5.35. The summed E-state index contributed by atoms with van der Waals surface area (Å²) in [6, 6.07) is 0.824. The zero-order valence-electron chi connectivity index (χ0n) is 7.37. The molecule has 0 saturated heterocycles. The van der Waals surface area contributed by atoms with Gasteiger partial charge in [-0.05, 0) is 13.0 Å². The van der Waals surface area contributed by atoms with Gasteiger partial charge in [-0.15, -0.1) is 6.58 Å². The van der Waals surface area contributed by atoms with Crippen LogP contribution in [-0.2, 0) is 0 Å². The molecule has 0 aliphatic rings. The van der Waals surface area contributed by atoms with Gasteiger partial charge in [0, 0.05) is 5.69 Å². The van der Waals surface area contributed by atoms with Crippen LogP contribution in [0.3, 0.4) is 0 Å². The number of H-pyrrole nitrogens is 1. The molecule has 0 aromatic carbocycles. The molecule has 0 fully saturated rings. The van der Waals surface area contributed by atoms with Crippen LogP contribution < -0.4 is 11.3 Å². The van der Waals surface area contributed by atoms with Crippen molar-refractivity contribution >= 4 is 0 Å². The third kappa shape index (κ3) is 1.78. The van der Waals surface area contributed by atoms with Crippen LogP contribution in [0.2, 0.25) is 0 Å². The van der Waals surface area contributed by atoms with E-state index in [1.807, 2.05) is 0 Å². The minimum atomic E-state index is -0.635. The second-order valence-corrected chi connectivity index (χ2v) is 2.84. The molecule has 70 valence electrons. The molecule has 1 atom stereocenters. The predicted molar refractivity (Wildman–Crippen MR) is 50.6 cm³/mol. The zero-order chi connectivity index (χ0) is 10.0. The van der Waals surface area contributed by atoms with Crippen LogP contribution in [0.4, 0.5) is 0 Å². The topological polar surface area (TPSA) is 79.1 Å². The second kappa shape index (κ2) is 3.45. The van der Waals surface area contributed by atoms with Crippen molar-refractivity contribution < 1.29 is 5.11 Å². The van der Waals surface area contributed by atoms with Gasteiger partial charge in [0.15, 0.2) is 0 Å². The van der Waals surface area contributed by atoms with Gasteiger partial charge < -0.3 is 15.8 Å². The van der Waals surface area contributed by atoms with Crippen LogP contribution in [0.5, 0.6) is 5.75 Å². The van der Waals surface area contributed by atoms with Gasteiger partial charge in [-0.25, -0.2) is 0 Å². The van der Waals surface area contributed by atoms with E-state index in [1.54, 1.807) is 6.92 Å². The van der Waals surface area contributed by atoms with Crippen LogP contribution in [0.15, 0.2) is 23.5 Å². The van der Waals surface area contributed by atoms with Crippen molar-refractivity contribution in [3.05, 3.63) is 40.3 Å². The van der Waals surface area contributed by atoms with E-state index in [-0.39, 0.29) is 16.9 Å². The molecule has 1 aromatic rings. The molecule has 1 unspecified atom stereocenters. The molecule has 0 bridgehead atoms. The summed E-state index contributed by atoms with van der Waals surface area (Å²) in [6.45, 7) is 5.14. The number of hydrogen-bond donors (Lipinski definition) is 3. The molecule has 4 nitrogen and oxygen atoms in total. The van der Waals surface area contributed by atoms with E-state index in [0.717, 1.165) is 0 Å². The van der Waals surface area contributed by atoms with Gasteiger partial charge >= 0.3 is 0 Å². The van der Waals surface area contributed by atoms with E-state index in [2.05, 4.69) is 11.6 Å². The standard InChI is InChI=1S/C9H12N2O2/c1-3-6(10)8-7(12)4-5(2)11-9(8)13/h3-4,6H,1,10H2,2H3,(H2,11,12,13). The van der Waals surface area contributed by atoms with E-state index >= 15 is 0 Å². The first-order valence-corrected chi connectivity index (χ1v) is 3.87. The van der Waals surface area contributed by atoms with E-state index < -0.39 is 6.04 Å². The number of hydrogen-bond acceptors (Lipinski definition) is 3. The van der Waals surface area contributed by atoms with Crippen molar-refractivity contribution in [1.82, 2.24) is 4.98 Å². The lowest BCUT2D eigenvalue weighted by atomic mass is 10.1. The first-order chi connectivity index (χ1) is 6.06. The largest absolute Gasteiger partial charge is 0.507 e. The SMILES string of the molecule is C=CC(N)c1c(O)cc(C)[nH]c1=O. The molecular weight excluding hydrogens is 168 g/mol. The fourth-order valence-electron chi connectivity index (χ4n) is 1.12. The number of pyridine rings is 1. The summed E-state index contributed by atoms with van der Waals surface area (Å²) < 4.78 is 0. The molecule has 1 aromatic heterocycles. The maximum atomic E-state index is 11.3. The van der Waals surface area contributed by atoms with Crippen LogP contribution in [0, 0.1) is 6.92 Å². The summed E-state index contributed by atoms with van der Waals surface area (Å²) in [7, 11) is 0. The molecule has 4 N–H and O–H groups in total. The Kier molecular flexibility index (Phi) is 2.53. The van der Waals surface area contributed by atoms with Crippen molar-refractivity contribution in [2.24, 2.45) is 5.73 Å². The highest BCUT2D eigenvalue weighted by Gasteiger charge is 2.12. The second-order valence-electron chi connectivity index (χ2n) is 2.84. The Bertz CT molecular complexity index is 382. The van der Waals surface area contributed by atoms with Gasteiger partial charge in [-0.3, -0.25) is 4.79 Å². The number of rotatable bonds is 2. The Morgan fingerprint density at radius 2 is 2.38 bits per heavy atom. The Morgan fingerprint density at radius 3 is 2.85 bits per heavy atom. The molecule has 4 heteroatoms. The van der Waals surface area contributed by atoms with Crippen molar-refractivity contribution in [1.29, 1.82) is 0 Å². The molecule has 0 radical (unpaired) electrons. The van der Waals surface area contributed by atoms with Gasteiger partial charge in [-0.2, -0.15) is 0 Å². The summed E-state index contributed by atoms with van der Waals surface area (Å²) in [5, 5.41) is 9.43. The van der Waals surface area contributed by atoms with Crippen molar-refractivity contribution in [3.63, 3.8) is 0 Å². The van der Waals surface area contributed by atoms with Crippen LogP contribution >= 0.6 is 0 Å². The van der Waals surface area contributed by atoms with Crippen LogP contribution in [0.1, 0.15) is 17.3 Å². The Balaban J connectivity index is 3.37. The minimum absolute atomic E-state index is 0.0892. The van der Waals surface area contributed by atoms with Crippen LogP contribution in [0.25, 0.3) is 0 Å². The molecular formula is C9H12N2O2. The summed E-state index contributed by atoms with van der Waals surface area (Å²) in [5.41, 5.74) is 5.93. The number of nitrogens with two attached hydrogens (primary N) is 1.